The Bertz CT molecular complexity index is 440. The SMILES string of the molecule is COc1ccccc1C(=O)CN1CCCC1(C)C. The van der Waals surface area contributed by atoms with Crippen LogP contribution in [-0.4, -0.2) is 36.4 Å². The van der Waals surface area contributed by atoms with Crippen LogP contribution in [0.5, 0.6) is 5.75 Å². The number of methoxy groups -OCH3 is 1. The zero-order chi connectivity index (χ0) is 13.2. The van der Waals surface area contributed by atoms with Crippen LogP contribution in [-0.2, 0) is 0 Å². The first-order valence-corrected chi connectivity index (χ1v) is 6.46. The molecule has 0 spiro atoms. The van der Waals surface area contributed by atoms with Gasteiger partial charge in [0.15, 0.2) is 5.78 Å². The summed E-state index contributed by atoms with van der Waals surface area (Å²) in [4.78, 5) is 14.6. The van der Waals surface area contributed by atoms with Crippen molar-refractivity contribution in [3.05, 3.63) is 29.8 Å². The predicted octanol–water partition coefficient (Wildman–Crippen LogP) is 2.75. The number of carbonyl (C=O) groups excluding carboxylic acids is 1. The maximum atomic E-state index is 12.3. The second-order valence-corrected chi connectivity index (χ2v) is 5.46. The van der Waals surface area contributed by atoms with Gasteiger partial charge in [0.25, 0.3) is 0 Å². The fourth-order valence-corrected chi connectivity index (χ4v) is 2.59. The van der Waals surface area contributed by atoms with Gasteiger partial charge in [0.2, 0.25) is 0 Å². The standard InChI is InChI=1S/C15H21NO2/c1-15(2)9-6-10-16(15)11-13(17)12-7-4-5-8-14(12)18-3/h4-5,7-8H,6,9-11H2,1-3H3. The normalized spacial score (nSPS) is 18.8. The minimum absolute atomic E-state index is 0.137. The lowest BCUT2D eigenvalue weighted by Crippen LogP contribution is -2.41. The number of rotatable bonds is 4. The smallest absolute Gasteiger partial charge is 0.180 e. The highest BCUT2D eigenvalue weighted by Gasteiger charge is 2.33. The number of carbonyl (C=O) groups is 1. The van der Waals surface area contributed by atoms with Gasteiger partial charge in [-0.1, -0.05) is 12.1 Å². The molecule has 2 rings (SSSR count). The maximum absolute atomic E-state index is 12.3. The van der Waals surface area contributed by atoms with Crippen LogP contribution >= 0.6 is 0 Å². The molecule has 1 saturated heterocycles. The van der Waals surface area contributed by atoms with Gasteiger partial charge in [-0.25, -0.2) is 0 Å². The van der Waals surface area contributed by atoms with Crippen LogP contribution in [0.1, 0.15) is 37.0 Å². The van der Waals surface area contributed by atoms with Crippen LogP contribution in [0.25, 0.3) is 0 Å². The van der Waals surface area contributed by atoms with E-state index in [0.717, 1.165) is 13.0 Å². The van der Waals surface area contributed by atoms with Gasteiger partial charge in [0.1, 0.15) is 5.75 Å². The molecule has 0 saturated carbocycles. The Morgan fingerprint density at radius 2 is 2.11 bits per heavy atom. The number of ether oxygens (including phenoxy) is 1. The van der Waals surface area contributed by atoms with E-state index < -0.39 is 0 Å². The Morgan fingerprint density at radius 3 is 2.72 bits per heavy atom. The van der Waals surface area contributed by atoms with Crippen LogP contribution in [0.3, 0.4) is 0 Å². The van der Waals surface area contributed by atoms with Crippen molar-refractivity contribution in [3.8, 4) is 5.75 Å². The van der Waals surface area contributed by atoms with Crippen LogP contribution in [0, 0.1) is 0 Å². The molecular formula is C15H21NO2. The molecule has 0 aliphatic carbocycles. The fourth-order valence-electron chi connectivity index (χ4n) is 2.59. The summed E-state index contributed by atoms with van der Waals surface area (Å²) in [5.41, 5.74) is 0.820. The summed E-state index contributed by atoms with van der Waals surface area (Å²) in [5, 5.41) is 0. The predicted molar refractivity (Wildman–Crippen MR) is 72.2 cm³/mol. The van der Waals surface area contributed by atoms with Crippen molar-refractivity contribution >= 4 is 5.78 Å². The lowest BCUT2D eigenvalue weighted by atomic mass is 10.0. The number of hydrogen-bond acceptors (Lipinski definition) is 3. The molecule has 0 unspecified atom stereocenters. The summed E-state index contributed by atoms with van der Waals surface area (Å²) in [7, 11) is 1.60. The lowest BCUT2D eigenvalue weighted by Gasteiger charge is -2.30. The van der Waals surface area contributed by atoms with Crippen molar-refractivity contribution in [1.29, 1.82) is 0 Å². The molecule has 18 heavy (non-hydrogen) atoms. The van der Waals surface area contributed by atoms with Crippen LogP contribution < -0.4 is 4.74 Å². The van der Waals surface area contributed by atoms with Crippen molar-refractivity contribution in [2.24, 2.45) is 0 Å². The molecule has 0 N–H and O–H groups in total. The van der Waals surface area contributed by atoms with Crippen LogP contribution in [0.2, 0.25) is 0 Å². The molecule has 0 bridgehead atoms. The van der Waals surface area contributed by atoms with Crippen LogP contribution in [0.15, 0.2) is 24.3 Å². The molecule has 1 aliphatic heterocycles. The highest BCUT2D eigenvalue weighted by atomic mass is 16.5. The van der Waals surface area contributed by atoms with E-state index >= 15 is 0 Å². The molecule has 1 aromatic carbocycles. The molecule has 0 amide bonds. The molecule has 3 heteroatoms. The zero-order valence-corrected chi connectivity index (χ0v) is 11.4. The molecule has 98 valence electrons. The molecule has 1 fully saturated rings. The van der Waals surface area contributed by atoms with E-state index in [2.05, 4.69) is 18.7 Å². The number of nitrogens with zero attached hydrogens (tertiary/aromatic N) is 1. The zero-order valence-electron chi connectivity index (χ0n) is 11.4. The fraction of sp³-hybridized carbons (Fsp3) is 0.533. The number of benzene rings is 1. The van der Waals surface area contributed by atoms with Gasteiger partial charge in [0.05, 0.1) is 19.2 Å². The summed E-state index contributed by atoms with van der Waals surface area (Å²) in [6.45, 7) is 5.90. The van der Waals surface area contributed by atoms with Crippen molar-refractivity contribution in [1.82, 2.24) is 4.90 Å². The van der Waals surface area contributed by atoms with E-state index in [-0.39, 0.29) is 11.3 Å². The second-order valence-electron chi connectivity index (χ2n) is 5.46. The number of Topliss-reactive ketones (excluding diaryl/α,β-unsaturated/α-hetero) is 1. The van der Waals surface area contributed by atoms with E-state index in [0.29, 0.717) is 17.9 Å². The molecule has 0 aromatic heterocycles. The van der Waals surface area contributed by atoms with Gasteiger partial charge in [-0.05, 0) is 45.4 Å². The quantitative estimate of drug-likeness (QED) is 0.766. The van der Waals surface area contributed by atoms with Crippen molar-refractivity contribution in [2.75, 3.05) is 20.2 Å². The average Bonchev–Trinajstić information content (AvgIpc) is 2.68. The van der Waals surface area contributed by atoms with E-state index in [1.807, 2.05) is 24.3 Å². The highest BCUT2D eigenvalue weighted by molar-refractivity contribution is 6.00. The number of likely N-dealkylation sites (tertiary alicyclic amines) is 1. The average molecular weight is 247 g/mol. The Morgan fingerprint density at radius 1 is 1.39 bits per heavy atom. The van der Waals surface area contributed by atoms with Gasteiger partial charge in [0, 0.05) is 5.54 Å². The first-order chi connectivity index (χ1) is 8.54. The Labute approximate surface area is 109 Å². The van der Waals surface area contributed by atoms with Gasteiger partial charge < -0.3 is 4.74 Å². The van der Waals surface area contributed by atoms with Gasteiger partial charge >= 0.3 is 0 Å². The topological polar surface area (TPSA) is 29.5 Å². The van der Waals surface area contributed by atoms with Gasteiger partial charge in [-0.2, -0.15) is 0 Å². The second kappa shape index (κ2) is 5.11. The molecule has 1 heterocycles. The van der Waals surface area contributed by atoms with E-state index in [9.17, 15) is 4.79 Å². The maximum Gasteiger partial charge on any atom is 0.180 e. The summed E-state index contributed by atoms with van der Waals surface area (Å²) in [5.74, 6) is 0.807. The van der Waals surface area contributed by atoms with E-state index in [4.69, 9.17) is 4.74 Å². The molecule has 0 radical (unpaired) electrons. The summed E-state index contributed by atoms with van der Waals surface area (Å²) >= 11 is 0. The summed E-state index contributed by atoms with van der Waals surface area (Å²) < 4.78 is 5.24. The van der Waals surface area contributed by atoms with E-state index in [1.54, 1.807) is 7.11 Å². The minimum Gasteiger partial charge on any atom is -0.496 e. The number of para-hydroxylation sites is 1. The third-order valence-corrected chi connectivity index (χ3v) is 3.81. The third-order valence-electron chi connectivity index (χ3n) is 3.81. The van der Waals surface area contributed by atoms with Crippen molar-refractivity contribution in [2.45, 2.75) is 32.2 Å². The number of hydrogen-bond donors (Lipinski definition) is 0. The van der Waals surface area contributed by atoms with Crippen LogP contribution in [0.4, 0.5) is 0 Å². The minimum atomic E-state index is 0.137. The van der Waals surface area contributed by atoms with Crippen molar-refractivity contribution in [3.63, 3.8) is 0 Å². The Hall–Kier alpha value is -1.35. The first kappa shape index (κ1) is 13.1. The lowest BCUT2D eigenvalue weighted by molar-refractivity contribution is 0.0868. The monoisotopic (exact) mass is 247 g/mol. The summed E-state index contributed by atoms with van der Waals surface area (Å²) in [6.07, 6.45) is 2.33. The Kier molecular flexibility index (Phi) is 3.71. The number of ketones is 1. The molecule has 3 nitrogen and oxygen atoms in total. The van der Waals surface area contributed by atoms with E-state index in [1.165, 1.54) is 6.42 Å². The van der Waals surface area contributed by atoms with Crippen molar-refractivity contribution < 1.29 is 9.53 Å². The largest absolute Gasteiger partial charge is 0.496 e. The highest BCUT2D eigenvalue weighted by Crippen LogP contribution is 2.28. The molecular weight excluding hydrogens is 226 g/mol. The Balaban J connectivity index is 2.13. The van der Waals surface area contributed by atoms with Gasteiger partial charge in [-0.3, -0.25) is 9.69 Å². The molecule has 1 aliphatic rings. The first-order valence-electron chi connectivity index (χ1n) is 6.46. The third kappa shape index (κ3) is 2.56. The van der Waals surface area contributed by atoms with Gasteiger partial charge in [-0.15, -0.1) is 0 Å². The summed E-state index contributed by atoms with van der Waals surface area (Å²) in [6, 6.07) is 7.44. The molecule has 1 aromatic rings. The molecule has 0 atom stereocenters.